The zero-order chi connectivity index (χ0) is 25.3. The van der Waals surface area contributed by atoms with Gasteiger partial charge in [-0.25, -0.2) is 9.59 Å². The molecule has 1 aliphatic rings. The van der Waals surface area contributed by atoms with Crippen molar-refractivity contribution in [3.63, 3.8) is 0 Å². The molecule has 0 aromatic heterocycles. The molecule has 34 heavy (non-hydrogen) atoms. The summed E-state index contributed by atoms with van der Waals surface area (Å²) in [7, 11) is 0. The minimum absolute atomic E-state index is 0.125. The van der Waals surface area contributed by atoms with Crippen molar-refractivity contribution in [2.24, 2.45) is 11.8 Å². The van der Waals surface area contributed by atoms with E-state index in [-0.39, 0.29) is 36.9 Å². The Morgan fingerprint density at radius 3 is 1.97 bits per heavy atom. The molecule has 0 radical (unpaired) electrons. The summed E-state index contributed by atoms with van der Waals surface area (Å²) in [6.07, 6.45) is 7.73. The second kappa shape index (κ2) is 12.7. The van der Waals surface area contributed by atoms with Crippen LogP contribution in [0.4, 0.5) is 0 Å². The summed E-state index contributed by atoms with van der Waals surface area (Å²) in [5.74, 6) is -0.806. The average molecular weight is 467 g/mol. The Labute approximate surface area is 202 Å². The molecule has 182 valence electrons. The number of hydrogen-bond donors (Lipinski definition) is 0. The van der Waals surface area contributed by atoms with Gasteiger partial charge in [-0.05, 0) is 44.4 Å². The van der Waals surface area contributed by atoms with E-state index in [9.17, 15) is 14.4 Å². The van der Waals surface area contributed by atoms with Crippen molar-refractivity contribution in [1.82, 2.24) is 0 Å². The van der Waals surface area contributed by atoms with Gasteiger partial charge in [-0.15, -0.1) is 0 Å². The summed E-state index contributed by atoms with van der Waals surface area (Å²) >= 11 is 0. The van der Waals surface area contributed by atoms with Gasteiger partial charge in [0.25, 0.3) is 0 Å². The summed E-state index contributed by atoms with van der Waals surface area (Å²) in [6.45, 7) is 14.2. The number of ether oxygens (including phenoxy) is 3. The maximum Gasteiger partial charge on any atom is 0.333 e. The van der Waals surface area contributed by atoms with Crippen LogP contribution in [-0.4, -0.2) is 31.1 Å². The van der Waals surface area contributed by atoms with Gasteiger partial charge in [0.1, 0.15) is 5.75 Å². The number of esters is 3. The van der Waals surface area contributed by atoms with Crippen molar-refractivity contribution in [1.29, 1.82) is 0 Å². The Morgan fingerprint density at radius 2 is 1.53 bits per heavy atom. The number of rotatable bonds is 11. The Kier molecular flexibility index (Phi) is 10.0. The molecule has 6 nitrogen and oxygen atoms in total. The van der Waals surface area contributed by atoms with Gasteiger partial charge in [-0.3, -0.25) is 4.79 Å². The highest BCUT2D eigenvalue weighted by Gasteiger charge is 2.19. The SMILES string of the molecule is C=C(C)C(=O)OCC(COC(=O)C(=C)C)CC1=CCC(c2ccc(OC(=O)C(C)C)cc2)C=C1. The van der Waals surface area contributed by atoms with Crippen molar-refractivity contribution < 1.29 is 28.6 Å². The lowest BCUT2D eigenvalue weighted by Crippen LogP contribution is -2.22. The Bertz CT molecular complexity index is 951. The molecule has 1 atom stereocenters. The average Bonchev–Trinajstić information content (AvgIpc) is 2.81. The van der Waals surface area contributed by atoms with E-state index < -0.39 is 11.9 Å². The Hall–Kier alpha value is -3.41. The number of carbonyl (C=O) groups excluding carboxylic acids is 3. The minimum atomic E-state index is -0.466. The zero-order valence-electron chi connectivity index (χ0n) is 20.5. The first-order valence-electron chi connectivity index (χ1n) is 11.4. The van der Waals surface area contributed by atoms with Crippen molar-refractivity contribution in [2.75, 3.05) is 13.2 Å². The van der Waals surface area contributed by atoms with Crippen LogP contribution in [0.2, 0.25) is 0 Å². The van der Waals surface area contributed by atoms with Gasteiger partial charge >= 0.3 is 17.9 Å². The number of carbonyl (C=O) groups is 3. The minimum Gasteiger partial charge on any atom is -0.462 e. The topological polar surface area (TPSA) is 78.9 Å². The summed E-state index contributed by atoms with van der Waals surface area (Å²) in [5, 5.41) is 0. The smallest absolute Gasteiger partial charge is 0.333 e. The van der Waals surface area contributed by atoms with Crippen LogP contribution >= 0.6 is 0 Å². The maximum atomic E-state index is 11.8. The number of hydrogen-bond acceptors (Lipinski definition) is 6. The van der Waals surface area contributed by atoms with Crippen LogP contribution < -0.4 is 4.74 Å². The normalized spacial score (nSPS) is 15.0. The maximum absolute atomic E-state index is 11.8. The highest BCUT2D eigenvalue weighted by molar-refractivity contribution is 5.87. The molecule has 1 aliphatic carbocycles. The van der Waals surface area contributed by atoms with Gasteiger partial charge in [0, 0.05) is 23.0 Å². The van der Waals surface area contributed by atoms with Crippen LogP contribution in [0.5, 0.6) is 5.75 Å². The first-order chi connectivity index (χ1) is 16.1. The van der Waals surface area contributed by atoms with Crippen LogP contribution in [-0.2, 0) is 23.9 Å². The van der Waals surface area contributed by atoms with E-state index in [0.29, 0.717) is 23.3 Å². The molecule has 0 aliphatic heterocycles. The standard InChI is InChI=1S/C28H34O6/c1-18(2)26(29)32-16-22(17-33-27(30)19(3)4)15-21-7-9-23(10-8-21)24-11-13-25(14-12-24)34-28(31)20(5)6/h7-9,11-14,20,22-23H,1,3,10,15-17H2,2,4-6H3. The predicted octanol–water partition coefficient (Wildman–Crippen LogP) is 5.46. The third-order valence-electron chi connectivity index (χ3n) is 5.30. The van der Waals surface area contributed by atoms with Crippen LogP contribution in [0, 0.1) is 11.8 Å². The lowest BCUT2D eigenvalue weighted by atomic mass is 9.87. The molecule has 0 fully saturated rings. The molecular formula is C28H34O6. The third-order valence-corrected chi connectivity index (χ3v) is 5.30. The van der Waals surface area contributed by atoms with Crippen LogP contribution in [0.1, 0.15) is 52.0 Å². The fraction of sp³-hybridized carbons (Fsp3) is 0.393. The molecule has 1 aromatic carbocycles. The van der Waals surface area contributed by atoms with Gasteiger partial charge in [-0.1, -0.05) is 62.9 Å². The zero-order valence-corrected chi connectivity index (χ0v) is 20.5. The summed E-state index contributed by atoms with van der Waals surface area (Å²) in [4.78, 5) is 35.4. The quantitative estimate of drug-likeness (QED) is 0.245. The molecule has 0 spiro atoms. The van der Waals surface area contributed by atoms with Crippen LogP contribution in [0.3, 0.4) is 0 Å². The second-order valence-electron chi connectivity index (χ2n) is 8.95. The number of benzene rings is 1. The first-order valence-corrected chi connectivity index (χ1v) is 11.4. The van der Waals surface area contributed by atoms with Crippen molar-refractivity contribution in [3.8, 4) is 5.75 Å². The number of allylic oxidation sites excluding steroid dienone is 4. The highest BCUT2D eigenvalue weighted by Crippen LogP contribution is 2.30. The molecule has 0 saturated heterocycles. The van der Waals surface area contributed by atoms with E-state index in [0.717, 1.165) is 17.6 Å². The van der Waals surface area contributed by atoms with Crippen LogP contribution in [0.25, 0.3) is 0 Å². The Morgan fingerprint density at radius 1 is 0.971 bits per heavy atom. The van der Waals surface area contributed by atoms with Gasteiger partial charge in [0.2, 0.25) is 0 Å². The molecule has 6 heteroatoms. The fourth-order valence-electron chi connectivity index (χ4n) is 3.21. The molecule has 0 saturated carbocycles. The van der Waals surface area contributed by atoms with E-state index in [2.05, 4.69) is 31.4 Å². The summed E-state index contributed by atoms with van der Waals surface area (Å²) in [5.41, 5.74) is 2.85. The molecule has 1 aromatic rings. The Balaban J connectivity index is 1.97. The van der Waals surface area contributed by atoms with Crippen molar-refractivity contribution in [3.05, 3.63) is 77.9 Å². The monoisotopic (exact) mass is 466 g/mol. The molecule has 0 amide bonds. The van der Waals surface area contributed by atoms with E-state index in [1.807, 2.05) is 24.3 Å². The molecule has 1 unspecified atom stereocenters. The van der Waals surface area contributed by atoms with Gasteiger partial charge in [-0.2, -0.15) is 0 Å². The van der Waals surface area contributed by atoms with E-state index >= 15 is 0 Å². The van der Waals surface area contributed by atoms with E-state index in [1.54, 1.807) is 27.7 Å². The molecular weight excluding hydrogens is 432 g/mol. The van der Waals surface area contributed by atoms with E-state index in [4.69, 9.17) is 14.2 Å². The molecule has 0 bridgehead atoms. The van der Waals surface area contributed by atoms with Gasteiger partial charge in [0.15, 0.2) is 0 Å². The highest BCUT2D eigenvalue weighted by atomic mass is 16.5. The van der Waals surface area contributed by atoms with Gasteiger partial charge < -0.3 is 14.2 Å². The third kappa shape index (κ3) is 8.50. The van der Waals surface area contributed by atoms with Crippen molar-refractivity contribution in [2.45, 2.75) is 46.5 Å². The lowest BCUT2D eigenvalue weighted by molar-refractivity contribution is -0.144. The molecule has 2 rings (SSSR count). The van der Waals surface area contributed by atoms with E-state index in [1.165, 1.54) is 0 Å². The molecule has 0 heterocycles. The lowest BCUT2D eigenvalue weighted by Gasteiger charge is -2.21. The largest absolute Gasteiger partial charge is 0.462 e. The summed E-state index contributed by atoms with van der Waals surface area (Å²) < 4.78 is 15.9. The second-order valence-corrected chi connectivity index (χ2v) is 8.95. The first kappa shape index (κ1) is 26.8. The van der Waals surface area contributed by atoms with Crippen LogP contribution in [0.15, 0.2) is 72.4 Å². The predicted molar refractivity (Wildman–Crippen MR) is 131 cm³/mol. The fourth-order valence-corrected chi connectivity index (χ4v) is 3.21. The van der Waals surface area contributed by atoms with Gasteiger partial charge in [0.05, 0.1) is 19.1 Å². The summed E-state index contributed by atoms with van der Waals surface area (Å²) in [6, 6.07) is 7.55. The molecule has 0 N–H and O–H groups in total. The van der Waals surface area contributed by atoms with Crippen molar-refractivity contribution >= 4 is 17.9 Å².